The summed E-state index contributed by atoms with van der Waals surface area (Å²) < 4.78 is 0. The molecule has 0 saturated heterocycles. The number of nitrogens with zero attached hydrogens (tertiary/aromatic N) is 1. The first-order chi connectivity index (χ1) is 5.72. The van der Waals surface area contributed by atoms with Crippen LogP contribution in [-0.2, 0) is 0 Å². The van der Waals surface area contributed by atoms with E-state index in [1.165, 1.54) is 19.3 Å². The topological polar surface area (TPSA) is 23.8 Å². The van der Waals surface area contributed by atoms with E-state index in [2.05, 4.69) is 26.8 Å². The molecule has 0 aromatic carbocycles. The monoisotopic (exact) mass is 167 g/mol. The van der Waals surface area contributed by atoms with E-state index in [0.717, 1.165) is 24.7 Å². The fraction of sp³-hybridized carbons (Fsp3) is 0.909. The van der Waals surface area contributed by atoms with E-state index in [1.54, 1.807) is 0 Å². The van der Waals surface area contributed by atoms with Gasteiger partial charge in [0.2, 0.25) is 0 Å². The van der Waals surface area contributed by atoms with Gasteiger partial charge in [-0.2, -0.15) is 5.26 Å². The fourth-order valence-corrected chi connectivity index (χ4v) is 1.63. The molecule has 0 spiro atoms. The van der Waals surface area contributed by atoms with Crippen molar-refractivity contribution in [1.29, 1.82) is 5.26 Å². The second-order valence-electron chi connectivity index (χ2n) is 3.84. The van der Waals surface area contributed by atoms with Crippen molar-refractivity contribution in [2.75, 3.05) is 0 Å². The van der Waals surface area contributed by atoms with Crippen molar-refractivity contribution in [3.05, 3.63) is 0 Å². The van der Waals surface area contributed by atoms with Crippen molar-refractivity contribution < 1.29 is 0 Å². The van der Waals surface area contributed by atoms with E-state index in [1.807, 2.05) is 0 Å². The minimum atomic E-state index is 0.729. The third kappa shape index (κ3) is 5.18. The maximum absolute atomic E-state index is 8.40. The van der Waals surface area contributed by atoms with Crippen LogP contribution in [0.2, 0.25) is 0 Å². The molecule has 0 aromatic rings. The molecule has 0 bridgehead atoms. The summed E-state index contributed by atoms with van der Waals surface area (Å²) in [4.78, 5) is 0. The van der Waals surface area contributed by atoms with Gasteiger partial charge in [-0.25, -0.2) is 0 Å². The first-order valence-corrected chi connectivity index (χ1v) is 5.09. The van der Waals surface area contributed by atoms with Crippen LogP contribution in [-0.4, -0.2) is 0 Å². The fourth-order valence-electron chi connectivity index (χ4n) is 1.63. The maximum Gasteiger partial charge on any atom is 0.0621 e. The highest BCUT2D eigenvalue weighted by Crippen LogP contribution is 2.22. The molecule has 0 N–H and O–H groups in total. The van der Waals surface area contributed by atoms with Crippen LogP contribution >= 0.6 is 0 Å². The Labute approximate surface area is 76.8 Å². The van der Waals surface area contributed by atoms with Crippen LogP contribution in [0.1, 0.15) is 52.9 Å². The molecule has 0 aliphatic heterocycles. The van der Waals surface area contributed by atoms with Crippen LogP contribution < -0.4 is 0 Å². The Balaban J connectivity index is 3.57. The van der Waals surface area contributed by atoms with Crippen molar-refractivity contribution in [2.24, 2.45) is 11.8 Å². The Morgan fingerprint density at radius 1 is 1.25 bits per heavy atom. The molecule has 1 unspecified atom stereocenters. The predicted octanol–water partition coefficient (Wildman–Crippen LogP) is 3.75. The maximum atomic E-state index is 8.40. The summed E-state index contributed by atoms with van der Waals surface area (Å²) in [6.45, 7) is 6.80. The van der Waals surface area contributed by atoms with Crippen LogP contribution in [0.4, 0.5) is 0 Å². The van der Waals surface area contributed by atoms with E-state index >= 15 is 0 Å². The highest BCUT2D eigenvalue weighted by Gasteiger charge is 2.11. The van der Waals surface area contributed by atoms with Crippen LogP contribution in [0.3, 0.4) is 0 Å². The summed E-state index contributed by atoms with van der Waals surface area (Å²) in [7, 11) is 0. The Bertz CT molecular complexity index is 132. The van der Waals surface area contributed by atoms with Gasteiger partial charge >= 0.3 is 0 Å². The largest absolute Gasteiger partial charge is 0.198 e. The summed E-state index contributed by atoms with van der Waals surface area (Å²) in [6.07, 6.45) is 5.64. The third-order valence-electron chi connectivity index (χ3n) is 2.47. The zero-order valence-electron chi connectivity index (χ0n) is 8.64. The minimum absolute atomic E-state index is 0.729. The minimum Gasteiger partial charge on any atom is -0.198 e. The van der Waals surface area contributed by atoms with Crippen molar-refractivity contribution >= 4 is 0 Å². The van der Waals surface area contributed by atoms with Gasteiger partial charge in [-0.15, -0.1) is 0 Å². The molecule has 0 aromatic heterocycles. The van der Waals surface area contributed by atoms with Crippen molar-refractivity contribution in [1.82, 2.24) is 0 Å². The number of rotatable bonds is 6. The van der Waals surface area contributed by atoms with Crippen molar-refractivity contribution in [3.8, 4) is 6.07 Å². The second kappa shape index (κ2) is 7.16. The average molecular weight is 167 g/mol. The Hall–Kier alpha value is -0.510. The van der Waals surface area contributed by atoms with Crippen molar-refractivity contribution in [3.63, 3.8) is 0 Å². The molecule has 0 rings (SSSR count). The quantitative estimate of drug-likeness (QED) is 0.553. The Kier molecular flexibility index (Phi) is 6.85. The van der Waals surface area contributed by atoms with Gasteiger partial charge in [-0.1, -0.05) is 33.6 Å². The summed E-state index contributed by atoms with van der Waals surface area (Å²) >= 11 is 0. The Morgan fingerprint density at radius 3 is 2.33 bits per heavy atom. The first-order valence-electron chi connectivity index (χ1n) is 5.09. The molecule has 70 valence electrons. The van der Waals surface area contributed by atoms with Gasteiger partial charge in [0.25, 0.3) is 0 Å². The number of hydrogen-bond acceptors (Lipinski definition) is 1. The molecule has 1 nitrogen and oxygen atoms in total. The Morgan fingerprint density at radius 2 is 1.92 bits per heavy atom. The normalized spacial score (nSPS) is 12.9. The lowest BCUT2D eigenvalue weighted by Gasteiger charge is -2.19. The lowest BCUT2D eigenvalue weighted by atomic mass is 9.87. The SMILES string of the molecule is CCCC(CCCC#N)C(C)C. The van der Waals surface area contributed by atoms with Crippen LogP contribution in [0.5, 0.6) is 0 Å². The third-order valence-corrected chi connectivity index (χ3v) is 2.47. The van der Waals surface area contributed by atoms with Crippen molar-refractivity contribution in [2.45, 2.75) is 52.9 Å². The molecule has 0 aliphatic carbocycles. The summed E-state index contributed by atoms with van der Waals surface area (Å²) in [5.74, 6) is 1.62. The molecular weight excluding hydrogens is 146 g/mol. The highest BCUT2D eigenvalue weighted by atomic mass is 14.2. The number of nitriles is 1. The molecule has 0 aliphatic rings. The van der Waals surface area contributed by atoms with E-state index < -0.39 is 0 Å². The first kappa shape index (κ1) is 11.5. The molecule has 0 amide bonds. The summed E-state index contributed by atoms with van der Waals surface area (Å²) in [6, 6.07) is 2.20. The molecule has 1 heteroatoms. The smallest absolute Gasteiger partial charge is 0.0621 e. The van der Waals surface area contributed by atoms with E-state index in [0.29, 0.717) is 0 Å². The molecule has 0 heterocycles. The predicted molar refractivity (Wildman–Crippen MR) is 52.7 cm³/mol. The van der Waals surface area contributed by atoms with Gasteiger partial charge in [0.05, 0.1) is 6.07 Å². The van der Waals surface area contributed by atoms with Gasteiger partial charge < -0.3 is 0 Å². The molecule has 1 atom stereocenters. The van der Waals surface area contributed by atoms with Gasteiger partial charge in [0, 0.05) is 6.42 Å². The standard InChI is InChI=1S/C11H21N/c1-4-7-11(10(2)3)8-5-6-9-12/h10-11H,4-8H2,1-3H3. The average Bonchev–Trinajstić information content (AvgIpc) is 2.03. The number of unbranched alkanes of at least 4 members (excludes halogenated alkanes) is 1. The van der Waals surface area contributed by atoms with Crippen LogP contribution in [0.15, 0.2) is 0 Å². The summed E-state index contributed by atoms with van der Waals surface area (Å²) in [5, 5.41) is 8.40. The van der Waals surface area contributed by atoms with Gasteiger partial charge in [0.15, 0.2) is 0 Å². The second-order valence-corrected chi connectivity index (χ2v) is 3.84. The molecule has 0 fully saturated rings. The zero-order valence-corrected chi connectivity index (χ0v) is 8.64. The van der Waals surface area contributed by atoms with E-state index in [-0.39, 0.29) is 0 Å². The summed E-state index contributed by atoms with van der Waals surface area (Å²) in [5.41, 5.74) is 0. The van der Waals surface area contributed by atoms with Gasteiger partial charge in [0.1, 0.15) is 0 Å². The lowest BCUT2D eigenvalue weighted by molar-refractivity contribution is 0.327. The van der Waals surface area contributed by atoms with Crippen LogP contribution in [0, 0.1) is 23.2 Å². The molecule has 0 saturated carbocycles. The van der Waals surface area contributed by atoms with Gasteiger partial charge in [-0.05, 0) is 24.7 Å². The van der Waals surface area contributed by atoms with Crippen LogP contribution in [0.25, 0.3) is 0 Å². The molecule has 12 heavy (non-hydrogen) atoms. The lowest BCUT2D eigenvalue weighted by Crippen LogP contribution is -2.08. The number of hydrogen-bond donors (Lipinski definition) is 0. The zero-order chi connectivity index (χ0) is 9.40. The van der Waals surface area contributed by atoms with E-state index in [9.17, 15) is 0 Å². The molecular formula is C11H21N. The van der Waals surface area contributed by atoms with Gasteiger partial charge in [-0.3, -0.25) is 0 Å². The van der Waals surface area contributed by atoms with E-state index in [4.69, 9.17) is 5.26 Å². The highest BCUT2D eigenvalue weighted by molar-refractivity contribution is 4.71. The molecule has 0 radical (unpaired) electrons.